The molecule has 1 aromatic rings. The van der Waals surface area contributed by atoms with Gasteiger partial charge in [0.15, 0.2) is 0 Å². The number of halogens is 1. The molecule has 1 aliphatic heterocycles. The van der Waals surface area contributed by atoms with Crippen LogP contribution < -0.4 is 10.2 Å². The number of ether oxygens (including phenoxy) is 1. The molecule has 0 saturated carbocycles. The van der Waals surface area contributed by atoms with Crippen molar-refractivity contribution < 1.29 is 9.53 Å². The van der Waals surface area contributed by atoms with E-state index in [1.54, 1.807) is 11.0 Å². The minimum absolute atomic E-state index is 0.340. The molecule has 0 aromatic heterocycles. The first-order chi connectivity index (χ1) is 9.10. The van der Waals surface area contributed by atoms with Crippen LogP contribution in [0.15, 0.2) is 18.2 Å². The van der Waals surface area contributed by atoms with Gasteiger partial charge in [0.05, 0.1) is 16.9 Å². The fraction of sp³-hybridized carbons (Fsp3) is 0.533. The second-order valence-electron chi connectivity index (χ2n) is 6.64. The number of nitrogens with zero attached hydrogens (tertiary/aromatic N) is 1. The molecule has 0 spiro atoms. The number of carbonyl (C=O) groups is 1. The molecule has 20 heavy (non-hydrogen) atoms. The SMILES string of the molecule is CC(C)(C)OC(=O)N1c2ccc(Cl)cc2NCC1(C)C. The highest BCUT2D eigenvalue weighted by Gasteiger charge is 2.39. The Kier molecular flexibility index (Phi) is 3.63. The lowest BCUT2D eigenvalue weighted by Crippen LogP contribution is -2.56. The van der Waals surface area contributed by atoms with Gasteiger partial charge in [0, 0.05) is 11.6 Å². The summed E-state index contributed by atoms with van der Waals surface area (Å²) in [6, 6.07) is 5.44. The number of hydrogen-bond acceptors (Lipinski definition) is 3. The fourth-order valence-electron chi connectivity index (χ4n) is 2.21. The molecule has 0 radical (unpaired) electrons. The Bertz CT molecular complexity index is 535. The summed E-state index contributed by atoms with van der Waals surface area (Å²) in [5.74, 6) is 0. The molecule has 1 aromatic carbocycles. The lowest BCUT2D eigenvalue weighted by Gasteiger charge is -2.43. The third-order valence-electron chi connectivity index (χ3n) is 3.09. The van der Waals surface area contributed by atoms with E-state index in [0.29, 0.717) is 11.6 Å². The van der Waals surface area contributed by atoms with Gasteiger partial charge < -0.3 is 10.1 Å². The number of benzene rings is 1. The normalized spacial score (nSPS) is 17.2. The highest BCUT2D eigenvalue weighted by atomic mass is 35.5. The summed E-state index contributed by atoms with van der Waals surface area (Å²) in [4.78, 5) is 14.2. The van der Waals surface area contributed by atoms with Crippen LogP contribution in [0.4, 0.5) is 16.2 Å². The smallest absolute Gasteiger partial charge is 0.415 e. The van der Waals surface area contributed by atoms with E-state index >= 15 is 0 Å². The van der Waals surface area contributed by atoms with Gasteiger partial charge in [0.1, 0.15) is 5.60 Å². The molecule has 1 heterocycles. The largest absolute Gasteiger partial charge is 0.443 e. The Labute approximate surface area is 125 Å². The molecule has 0 atom stereocenters. The summed E-state index contributed by atoms with van der Waals surface area (Å²) in [6.07, 6.45) is -0.340. The highest BCUT2D eigenvalue weighted by Crippen LogP contribution is 2.38. The summed E-state index contributed by atoms with van der Waals surface area (Å²) in [6.45, 7) is 10.2. The first-order valence-electron chi connectivity index (χ1n) is 6.67. The van der Waals surface area contributed by atoms with E-state index in [1.165, 1.54) is 0 Å². The van der Waals surface area contributed by atoms with Crippen LogP contribution in [-0.2, 0) is 4.74 Å². The van der Waals surface area contributed by atoms with Crippen molar-refractivity contribution in [3.8, 4) is 0 Å². The van der Waals surface area contributed by atoms with Crippen molar-refractivity contribution in [1.82, 2.24) is 0 Å². The molecule has 0 aliphatic carbocycles. The lowest BCUT2D eigenvalue weighted by molar-refractivity contribution is 0.0546. The average Bonchev–Trinajstić information content (AvgIpc) is 2.26. The van der Waals surface area contributed by atoms with E-state index in [2.05, 4.69) is 5.32 Å². The zero-order valence-corrected chi connectivity index (χ0v) is 13.3. The van der Waals surface area contributed by atoms with Crippen molar-refractivity contribution in [1.29, 1.82) is 0 Å². The van der Waals surface area contributed by atoms with Crippen LogP contribution in [0.5, 0.6) is 0 Å². The maximum absolute atomic E-state index is 12.5. The van der Waals surface area contributed by atoms with Gasteiger partial charge in [-0.3, -0.25) is 4.90 Å². The van der Waals surface area contributed by atoms with Gasteiger partial charge in [-0.1, -0.05) is 11.6 Å². The van der Waals surface area contributed by atoms with Gasteiger partial charge in [0.2, 0.25) is 0 Å². The summed E-state index contributed by atoms with van der Waals surface area (Å²) in [7, 11) is 0. The molecule has 110 valence electrons. The Balaban J connectivity index is 2.41. The van der Waals surface area contributed by atoms with Crippen LogP contribution in [0, 0.1) is 0 Å². The fourth-order valence-corrected chi connectivity index (χ4v) is 2.39. The van der Waals surface area contributed by atoms with E-state index in [1.807, 2.05) is 46.8 Å². The lowest BCUT2D eigenvalue weighted by atomic mass is 9.98. The van der Waals surface area contributed by atoms with Gasteiger partial charge in [-0.05, 0) is 52.8 Å². The Morgan fingerprint density at radius 2 is 2.05 bits per heavy atom. The molecule has 0 unspecified atom stereocenters. The predicted molar refractivity (Wildman–Crippen MR) is 82.7 cm³/mol. The number of rotatable bonds is 0. The summed E-state index contributed by atoms with van der Waals surface area (Å²) in [5.41, 5.74) is 0.746. The average molecular weight is 297 g/mol. The molecule has 5 heteroatoms. The zero-order chi connectivity index (χ0) is 15.1. The number of hydrogen-bond donors (Lipinski definition) is 1. The molecule has 0 fully saturated rings. The number of nitrogens with one attached hydrogen (secondary N) is 1. The van der Waals surface area contributed by atoms with Crippen LogP contribution in [0.3, 0.4) is 0 Å². The molecule has 1 amide bonds. The van der Waals surface area contributed by atoms with Crippen LogP contribution in [0.1, 0.15) is 34.6 Å². The number of carbonyl (C=O) groups excluding carboxylic acids is 1. The Hall–Kier alpha value is -1.42. The van der Waals surface area contributed by atoms with Crippen molar-refractivity contribution >= 4 is 29.1 Å². The van der Waals surface area contributed by atoms with Crippen LogP contribution in [0.25, 0.3) is 0 Å². The zero-order valence-electron chi connectivity index (χ0n) is 12.6. The van der Waals surface area contributed by atoms with Gasteiger partial charge in [-0.15, -0.1) is 0 Å². The van der Waals surface area contributed by atoms with Gasteiger partial charge in [-0.2, -0.15) is 0 Å². The number of amides is 1. The van der Waals surface area contributed by atoms with Crippen molar-refractivity contribution in [2.45, 2.75) is 45.8 Å². The van der Waals surface area contributed by atoms with Crippen molar-refractivity contribution in [2.75, 3.05) is 16.8 Å². The van der Waals surface area contributed by atoms with Crippen LogP contribution in [0.2, 0.25) is 5.02 Å². The maximum Gasteiger partial charge on any atom is 0.415 e. The van der Waals surface area contributed by atoms with Crippen LogP contribution in [-0.4, -0.2) is 23.8 Å². The Morgan fingerprint density at radius 1 is 1.40 bits per heavy atom. The van der Waals surface area contributed by atoms with E-state index in [9.17, 15) is 4.79 Å². The van der Waals surface area contributed by atoms with E-state index < -0.39 is 5.60 Å². The molecule has 1 N–H and O–H groups in total. The standard InChI is InChI=1S/C15H21ClN2O2/c1-14(2,3)20-13(19)18-12-7-6-10(16)8-11(12)17-9-15(18,4)5/h6-8,17H,9H2,1-5H3. The monoisotopic (exact) mass is 296 g/mol. The quantitative estimate of drug-likeness (QED) is 0.776. The third-order valence-corrected chi connectivity index (χ3v) is 3.33. The Morgan fingerprint density at radius 3 is 2.65 bits per heavy atom. The maximum atomic E-state index is 12.5. The molecule has 0 bridgehead atoms. The highest BCUT2D eigenvalue weighted by molar-refractivity contribution is 6.31. The van der Waals surface area contributed by atoms with E-state index in [-0.39, 0.29) is 11.6 Å². The van der Waals surface area contributed by atoms with Gasteiger partial charge in [0.25, 0.3) is 0 Å². The van der Waals surface area contributed by atoms with Gasteiger partial charge >= 0.3 is 6.09 Å². The van der Waals surface area contributed by atoms with Crippen molar-refractivity contribution in [3.05, 3.63) is 23.2 Å². The second-order valence-corrected chi connectivity index (χ2v) is 7.08. The number of anilines is 2. The summed E-state index contributed by atoms with van der Waals surface area (Å²) < 4.78 is 5.53. The minimum atomic E-state index is -0.523. The van der Waals surface area contributed by atoms with Crippen molar-refractivity contribution in [3.63, 3.8) is 0 Å². The van der Waals surface area contributed by atoms with Gasteiger partial charge in [-0.25, -0.2) is 4.79 Å². The topological polar surface area (TPSA) is 41.6 Å². The molecular weight excluding hydrogens is 276 g/mol. The molecule has 0 saturated heterocycles. The molecule has 1 aliphatic rings. The third kappa shape index (κ3) is 3.01. The summed E-state index contributed by atoms with van der Waals surface area (Å²) >= 11 is 6.01. The predicted octanol–water partition coefficient (Wildman–Crippen LogP) is 4.29. The molecular formula is C15H21ClN2O2. The molecule has 2 rings (SSSR count). The molecule has 4 nitrogen and oxygen atoms in total. The minimum Gasteiger partial charge on any atom is -0.443 e. The van der Waals surface area contributed by atoms with E-state index in [4.69, 9.17) is 16.3 Å². The van der Waals surface area contributed by atoms with Crippen LogP contribution >= 0.6 is 11.6 Å². The first kappa shape index (κ1) is 15.0. The summed E-state index contributed by atoms with van der Waals surface area (Å²) in [5, 5.41) is 3.95. The van der Waals surface area contributed by atoms with Crippen molar-refractivity contribution in [2.24, 2.45) is 0 Å². The van der Waals surface area contributed by atoms with E-state index in [0.717, 1.165) is 11.4 Å². The first-order valence-corrected chi connectivity index (χ1v) is 7.05. The number of fused-ring (bicyclic) bond motifs is 1. The second kappa shape index (κ2) is 4.85.